The van der Waals surface area contributed by atoms with Gasteiger partial charge < -0.3 is 9.13 Å². The van der Waals surface area contributed by atoms with Crippen LogP contribution in [0.4, 0.5) is 0 Å². The van der Waals surface area contributed by atoms with Crippen molar-refractivity contribution in [3.05, 3.63) is 230 Å². The highest BCUT2D eigenvalue weighted by Crippen LogP contribution is 2.46. The van der Waals surface area contributed by atoms with Crippen LogP contribution in [-0.4, -0.2) is 17.2 Å². The largest absolute Gasteiger partial charge is 0.309 e. The van der Waals surface area contributed by atoms with E-state index < -0.39 is 8.07 Å². The third-order valence-corrected chi connectivity index (χ3v) is 19.7. The third kappa shape index (κ3) is 6.06. The molecule has 0 spiro atoms. The average molecular weight is 853 g/mol. The number of hydrogen-bond acceptors (Lipinski definition) is 0. The lowest BCUT2D eigenvalue weighted by Crippen LogP contribution is -2.75. The molecule has 314 valence electrons. The fourth-order valence-electron chi connectivity index (χ4n) is 11.6. The Hall–Kier alpha value is -7.20. The first kappa shape index (κ1) is 39.4. The van der Waals surface area contributed by atoms with Crippen molar-refractivity contribution in [1.82, 2.24) is 9.13 Å². The Labute approximate surface area is 383 Å². The lowest BCUT2D eigenvalue weighted by molar-refractivity contribution is 0.332. The maximum absolute atomic E-state index is 2.89. The monoisotopic (exact) mass is 852 g/mol. The SMILES string of the molecule is CC1(C)CCC(C)(C)c2cc([Si](c3ccccc3)(c3ccccc3)c3cccc(-n4c5ccccc5c5cc(-c6cccc7c6c6ccccc6n7-c6ccccc6)ccc54)c3)ccc21. The molecular weight excluding hydrogens is 801 g/mol. The summed E-state index contributed by atoms with van der Waals surface area (Å²) in [5.74, 6) is 0. The topological polar surface area (TPSA) is 9.86 Å². The Morgan fingerprint density at radius 3 is 1.57 bits per heavy atom. The van der Waals surface area contributed by atoms with E-state index in [-0.39, 0.29) is 10.8 Å². The summed E-state index contributed by atoms with van der Waals surface area (Å²) in [6.07, 6.45) is 2.38. The van der Waals surface area contributed by atoms with E-state index in [2.05, 4.69) is 255 Å². The van der Waals surface area contributed by atoms with E-state index in [1.807, 2.05) is 0 Å². The number of fused-ring (bicyclic) bond motifs is 7. The van der Waals surface area contributed by atoms with Crippen LogP contribution < -0.4 is 20.7 Å². The second-order valence-corrected chi connectivity index (χ2v) is 23.3. The third-order valence-electron chi connectivity index (χ3n) is 14.9. The van der Waals surface area contributed by atoms with Gasteiger partial charge in [-0.05, 0) is 121 Å². The van der Waals surface area contributed by atoms with Crippen molar-refractivity contribution in [2.24, 2.45) is 0 Å². The summed E-state index contributed by atoms with van der Waals surface area (Å²) in [4.78, 5) is 0. The van der Waals surface area contributed by atoms with Gasteiger partial charge in [0.15, 0.2) is 8.07 Å². The van der Waals surface area contributed by atoms with Crippen LogP contribution in [0.2, 0.25) is 0 Å². The molecular formula is C62H52N2Si. The van der Waals surface area contributed by atoms with E-state index in [0.29, 0.717) is 0 Å². The summed E-state index contributed by atoms with van der Waals surface area (Å²) < 4.78 is 4.92. The van der Waals surface area contributed by atoms with E-state index in [4.69, 9.17) is 0 Å². The van der Waals surface area contributed by atoms with E-state index >= 15 is 0 Å². The summed E-state index contributed by atoms with van der Waals surface area (Å²) in [7, 11) is -2.89. The fraction of sp³-hybridized carbons (Fsp3) is 0.129. The zero-order chi connectivity index (χ0) is 43.9. The van der Waals surface area contributed by atoms with Gasteiger partial charge in [0.25, 0.3) is 0 Å². The second-order valence-electron chi connectivity index (χ2n) is 19.5. The molecule has 2 heterocycles. The molecule has 2 aromatic heterocycles. The van der Waals surface area contributed by atoms with Gasteiger partial charge in [0.2, 0.25) is 0 Å². The van der Waals surface area contributed by atoms with Gasteiger partial charge in [-0.1, -0.05) is 191 Å². The van der Waals surface area contributed by atoms with Crippen LogP contribution in [0.1, 0.15) is 51.7 Å². The van der Waals surface area contributed by atoms with Gasteiger partial charge in [0.05, 0.1) is 22.1 Å². The highest BCUT2D eigenvalue weighted by Gasteiger charge is 2.44. The van der Waals surface area contributed by atoms with Crippen molar-refractivity contribution in [3.8, 4) is 22.5 Å². The summed E-state index contributed by atoms with van der Waals surface area (Å²) in [6.45, 7) is 9.78. The molecule has 1 aliphatic rings. The predicted octanol–water partition coefficient (Wildman–Crippen LogP) is 13.3. The van der Waals surface area contributed by atoms with Crippen LogP contribution >= 0.6 is 0 Å². The maximum atomic E-state index is 2.63. The highest BCUT2D eigenvalue weighted by atomic mass is 28.3. The Kier molecular flexibility index (Phi) is 9.05. The molecule has 2 nitrogen and oxygen atoms in total. The molecule has 3 heteroatoms. The summed E-state index contributed by atoms with van der Waals surface area (Å²) in [5.41, 5.74) is 12.9. The van der Waals surface area contributed by atoms with E-state index in [1.54, 1.807) is 0 Å². The minimum Gasteiger partial charge on any atom is -0.309 e. The van der Waals surface area contributed by atoms with Gasteiger partial charge in [0, 0.05) is 32.9 Å². The van der Waals surface area contributed by atoms with Crippen LogP contribution in [0.3, 0.4) is 0 Å². The van der Waals surface area contributed by atoms with Crippen molar-refractivity contribution < 1.29 is 0 Å². The van der Waals surface area contributed by atoms with E-state index in [0.717, 1.165) is 0 Å². The zero-order valence-electron chi connectivity index (χ0n) is 37.6. The summed E-state index contributed by atoms with van der Waals surface area (Å²) in [6, 6.07) is 82.5. The second kappa shape index (κ2) is 14.9. The predicted molar refractivity (Wildman–Crippen MR) is 279 cm³/mol. The number of nitrogens with zero attached hydrogens (tertiary/aromatic N) is 2. The minimum absolute atomic E-state index is 0.0859. The first-order valence-corrected chi connectivity index (χ1v) is 25.2. The summed E-state index contributed by atoms with van der Waals surface area (Å²) in [5, 5.41) is 10.6. The van der Waals surface area contributed by atoms with Crippen LogP contribution in [0.5, 0.6) is 0 Å². The molecule has 12 rings (SSSR count). The summed E-state index contributed by atoms with van der Waals surface area (Å²) >= 11 is 0. The van der Waals surface area contributed by atoms with Gasteiger partial charge in [-0.15, -0.1) is 0 Å². The number of rotatable bonds is 7. The molecule has 0 saturated carbocycles. The van der Waals surface area contributed by atoms with E-state index in [1.165, 1.54) is 111 Å². The molecule has 0 aliphatic heterocycles. The maximum Gasteiger partial charge on any atom is 0.179 e. The number of hydrogen-bond donors (Lipinski definition) is 0. The average Bonchev–Trinajstić information content (AvgIpc) is 3.87. The minimum atomic E-state index is -2.89. The van der Waals surface area contributed by atoms with Gasteiger partial charge in [-0.3, -0.25) is 0 Å². The zero-order valence-corrected chi connectivity index (χ0v) is 38.6. The molecule has 0 fully saturated rings. The highest BCUT2D eigenvalue weighted by molar-refractivity contribution is 7.20. The first-order chi connectivity index (χ1) is 31.7. The van der Waals surface area contributed by atoms with Crippen LogP contribution in [0.15, 0.2) is 218 Å². The first-order valence-electron chi connectivity index (χ1n) is 23.2. The molecule has 9 aromatic carbocycles. The number of para-hydroxylation sites is 3. The smallest absolute Gasteiger partial charge is 0.179 e. The van der Waals surface area contributed by atoms with Crippen LogP contribution in [-0.2, 0) is 10.8 Å². The molecule has 0 N–H and O–H groups in total. The normalized spacial score (nSPS) is 14.6. The van der Waals surface area contributed by atoms with Crippen molar-refractivity contribution in [1.29, 1.82) is 0 Å². The lowest BCUT2D eigenvalue weighted by Gasteiger charge is -2.43. The number of benzene rings is 9. The molecule has 0 unspecified atom stereocenters. The Morgan fingerprint density at radius 2 is 0.862 bits per heavy atom. The van der Waals surface area contributed by atoms with E-state index in [9.17, 15) is 0 Å². The molecule has 0 amide bonds. The van der Waals surface area contributed by atoms with Crippen LogP contribution in [0.25, 0.3) is 66.1 Å². The quantitative estimate of drug-likeness (QED) is 0.112. The molecule has 0 saturated heterocycles. The molecule has 0 radical (unpaired) electrons. The number of aromatic nitrogens is 2. The Morgan fingerprint density at radius 1 is 0.354 bits per heavy atom. The Balaban J connectivity index is 1.08. The van der Waals surface area contributed by atoms with Crippen LogP contribution in [0, 0.1) is 0 Å². The van der Waals surface area contributed by atoms with Gasteiger partial charge in [-0.2, -0.15) is 0 Å². The van der Waals surface area contributed by atoms with Crippen molar-refractivity contribution >= 4 is 72.4 Å². The Bertz CT molecular complexity index is 3550. The van der Waals surface area contributed by atoms with Gasteiger partial charge >= 0.3 is 0 Å². The lowest BCUT2D eigenvalue weighted by atomic mass is 9.63. The van der Waals surface area contributed by atoms with Crippen molar-refractivity contribution in [2.45, 2.75) is 51.4 Å². The molecule has 65 heavy (non-hydrogen) atoms. The molecule has 0 bridgehead atoms. The molecule has 11 aromatic rings. The van der Waals surface area contributed by atoms with Gasteiger partial charge in [0.1, 0.15) is 0 Å². The van der Waals surface area contributed by atoms with Crippen molar-refractivity contribution in [3.63, 3.8) is 0 Å². The molecule has 1 aliphatic carbocycles. The standard InChI is InChI=1S/C62H52N2Si/c1-61(2)38-39-62(3,4)55-42-49(35-36-54(55)61)65(46-23-10-6-11-24-46,47-25-12-7-13-26-47)48-27-18-22-45(41-48)64-56-31-16-14-28-51(56)53-40-43(34-37-58(53)64)50-30-19-33-59-60(50)52-29-15-17-32-57(52)63(59)44-20-8-5-9-21-44/h5-37,40-42H,38-39H2,1-4H3. The van der Waals surface area contributed by atoms with Crippen molar-refractivity contribution in [2.75, 3.05) is 0 Å². The fourth-order valence-corrected chi connectivity index (χ4v) is 16.4. The molecule has 0 atom stereocenters. The van der Waals surface area contributed by atoms with Gasteiger partial charge in [-0.25, -0.2) is 0 Å².